The van der Waals surface area contributed by atoms with E-state index in [2.05, 4.69) is 16.5 Å². The van der Waals surface area contributed by atoms with Gasteiger partial charge in [0.05, 0.1) is 18.2 Å². The smallest absolute Gasteiger partial charge is 0.150 e. The molecular formula is C14H16N2O2. The average molecular weight is 244 g/mol. The molecule has 2 rings (SSSR count). The van der Waals surface area contributed by atoms with E-state index in [9.17, 15) is 4.79 Å². The Morgan fingerprint density at radius 1 is 1.44 bits per heavy atom. The van der Waals surface area contributed by atoms with E-state index in [1.54, 1.807) is 18.3 Å². The molecule has 0 saturated heterocycles. The van der Waals surface area contributed by atoms with E-state index in [1.165, 1.54) is 0 Å². The monoisotopic (exact) mass is 244 g/mol. The van der Waals surface area contributed by atoms with E-state index in [-0.39, 0.29) is 0 Å². The number of carbonyl (C=O) groups is 1. The maximum absolute atomic E-state index is 10.7. The van der Waals surface area contributed by atoms with Crippen LogP contribution in [0.5, 0.6) is 5.75 Å². The molecule has 0 saturated carbocycles. The maximum Gasteiger partial charge on any atom is 0.150 e. The summed E-state index contributed by atoms with van der Waals surface area (Å²) in [5.41, 5.74) is 1.66. The van der Waals surface area contributed by atoms with Crippen molar-refractivity contribution in [3.63, 3.8) is 0 Å². The molecule has 1 aromatic carbocycles. The Kier molecular flexibility index (Phi) is 4.12. The molecule has 4 nitrogen and oxygen atoms in total. The van der Waals surface area contributed by atoms with Gasteiger partial charge in [0.2, 0.25) is 0 Å². The van der Waals surface area contributed by atoms with Crippen LogP contribution in [0.3, 0.4) is 0 Å². The van der Waals surface area contributed by atoms with Gasteiger partial charge in [0.25, 0.3) is 0 Å². The summed E-state index contributed by atoms with van der Waals surface area (Å²) < 4.78 is 7.73. The molecule has 0 radical (unpaired) electrons. The van der Waals surface area contributed by atoms with Crippen LogP contribution in [0.15, 0.2) is 36.8 Å². The largest absolute Gasteiger partial charge is 0.487 e. The van der Waals surface area contributed by atoms with Crippen molar-refractivity contribution in [3.05, 3.63) is 48.0 Å². The van der Waals surface area contributed by atoms with Gasteiger partial charge in [-0.1, -0.05) is 19.1 Å². The molecule has 18 heavy (non-hydrogen) atoms. The van der Waals surface area contributed by atoms with Crippen molar-refractivity contribution in [2.24, 2.45) is 0 Å². The Labute approximate surface area is 106 Å². The Morgan fingerprint density at radius 3 is 3.11 bits per heavy atom. The molecule has 0 aliphatic heterocycles. The van der Waals surface area contributed by atoms with Crippen molar-refractivity contribution in [2.75, 3.05) is 0 Å². The first-order valence-corrected chi connectivity index (χ1v) is 6.00. The van der Waals surface area contributed by atoms with Crippen LogP contribution in [-0.2, 0) is 13.2 Å². The molecule has 1 heterocycles. The predicted octanol–water partition coefficient (Wildman–Crippen LogP) is 2.68. The van der Waals surface area contributed by atoms with E-state index in [0.29, 0.717) is 17.9 Å². The molecule has 0 amide bonds. The zero-order chi connectivity index (χ0) is 12.8. The zero-order valence-corrected chi connectivity index (χ0v) is 10.4. The summed E-state index contributed by atoms with van der Waals surface area (Å²) in [6, 6.07) is 7.13. The van der Waals surface area contributed by atoms with Crippen LogP contribution in [0.4, 0.5) is 0 Å². The van der Waals surface area contributed by atoms with Crippen LogP contribution in [0.1, 0.15) is 29.4 Å². The van der Waals surface area contributed by atoms with Crippen LogP contribution < -0.4 is 4.74 Å². The average Bonchev–Trinajstić information content (AvgIpc) is 2.85. The van der Waals surface area contributed by atoms with E-state index in [0.717, 1.165) is 24.9 Å². The third-order valence-corrected chi connectivity index (χ3v) is 2.64. The molecule has 0 unspecified atom stereocenters. The first kappa shape index (κ1) is 12.4. The minimum absolute atomic E-state index is 0.461. The summed E-state index contributed by atoms with van der Waals surface area (Å²) in [5, 5.41) is 0. The first-order valence-electron chi connectivity index (χ1n) is 6.00. The molecule has 0 fully saturated rings. The van der Waals surface area contributed by atoms with Crippen LogP contribution in [0.25, 0.3) is 0 Å². The molecule has 94 valence electrons. The molecule has 0 aliphatic carbocycles. The van der Waals surface area contributed by atoms with Crippen molar-refractivity contribution >= 4 is 6.29 Å². The number of benzene rings is 1. The summed E-state index contributed by atoms with van der Waals surface area (Å²) in [6.45, 7) is 3.52. The Hall–Kier alpha value is -2.10. The second-order valence-corrected chi connectivity index (χ2v) is 4.06. The topological polar surface area (TPSA) is 44.1 Å². The number of carbonyl (C=O) groups excluding carboxylic acids is 1. The second kappa shape index (κ2) is 6.00. The van der Waals surface area contributed by atoms with Crippen molar-refractivity contribution in [1.29, 1.82) is 0 Å². The standard InChI is InChI=1S/C14H16N2O2/c1-2-6-16-11-15-8-13(16)10-18-14-5-3-4-12(7-14)9-17/h3-5,7-9,11H,2,6,10H2,1H3. The number of nitrogens with zero attached hydrogens (tertiary/aromatic N) is 2. The van der Waals surface area contributed by atoms with Crippen molar-refractivity contribution in [2.45, 2.75) is 26.5 Å². The SMILES string of the molecule is CCCn1cncc1COc1cccc(C=O)c1. The second-order valence-electron chi connectivity index (χ2n) is 4.06. The van der Waals surface area contributed by atoms with Gasteiger partial charge < -0.3 is 9.30 Å². The van der Waals surface area contributed by atoms with Gasteiger partial charge in [0, 0.05) is 12.1 Å². The summed E-state index contributed by atoms with van der Waals surface area (Å²) in [5.74, 6) is 0.698. The minimum atomic E-state index is 0.461. The highest BCUT2D eigenvalue weighted by molar-refractivity contribution is 5.75. The highest BCUT2D eigenvalue weighted by atomic mass is 16.5. The van der Waals surface area contributed by atoms with Gasteiger partial charge in [0.1, 0.15) is 18.6 Å². The fourth-order valence-electron chi connectivity index (χ4n) is 1.75. The normalized spacial score (nSPS) is 10.3. The van der Waals surface area contributed by atoms with E-state index < -0.39 is 0 Å². The van der Waals surface area contributed by atoms with Crippen LogP contribution in [-0.4, -0.2) is 15.8 Å². The molecule has 4 heteroatoms. The number of aromatic nitrogens is 2. The first-order chi connectivity index (χ1) is 8.83. The van der Waals surface area contributed by atoms with Crippen molar-refractivity contribution < 1.29 is 9.53 Å². The number of hydrogen-bond acceptors (Lipinski definition) is 3. The molecular weight excluding hydrogens is 228 g/mol. The van der Waals surface area contributed by atoms with Crippen LogP contribution in [0.2, 0.25) is 0 Å². The van der Waals surface area contributed by atoms with E-state index in [4.69, 9.17) is 4.74 Å². The Balaban J connectivity index is 2.01. The lowest BCUT2D eigenvalue weighted by atomic mass is 10.2. The van der Waals surface area contributed by atoms with Gasteiger partial charge in [-0.25, -0.2) is 4.98 Å². The molecule has 1 aromatic heterocycles. The number of ether oxygens (including phenoxy) is 1. The van der Waals surface area contributed by atoms with Gasteiger partial charge in [-0.3, -0.25) is 4.79 Å². The number of imidazole rings is 1. The van der Waals surface area contributed by atoms with Gasteiger partial charge in [-0.15, -0.1) is 0 Å². The quantitative estimate of drug-likeness (QED) is 0.734. The molecule has 0 spiro atoms. The lowest BCUT2D eigenvalue weighted by molar-refractivity contribution is 0.112. The number of hydrogen-bond donors (Lipinski definition) is 0. The van der Waals surface area contributed by atoms with Gasteiger partial charge in [-0.05, 0) is 18.6 Å². The van der Waals surface area contributed by atoms with Crippen molar-refractivity contribution in [3.8, 4) is 5.75 Å². The number of aldehydes is 1. The molecule has 0 atom stereocenters. The highest BCUT2D eigenvalue weighted by Crippen LogP contribution is 2.14. The maximum atomic E-state index is 10.7. The lowest BCUT2D eigenvalue weighted by Gasteiger charge is -2.09. The highest BCUT2D eigenvalue weighted by Gasteiger charge is 2.02. The zero-order valence-electron chi connectivity index (χ0n) is 10.4. The molecule has 0 N–H and O–H groups in total. The van der Waals surface area contributed by atoms with E-state index in [1.807, 2.05) is 18.5 Å². The minimum Gasteiger partial charge on any atom is -0.487 e. The predicted molar refractivity (Wildman–Crippen MR) is 68.7 cm³/mol. The van der Waals surface area contributed by atoms with Gasteiger partial charge >= 0.3 is 0 Å². The molecule has 0 bridgehead atoms. The Morgan fingerprint density at radius 2 is 2.33 bits per heavy atom. The fraction of sp³-hybridized carbons (Fsp3) is 0.286. The fourth-order valence-corrected chi connectivity index (χ4v) is 1.75. The third-order valence-electron chi connectivity index (χ3n) is 2.64. The lowest BCUT2D eigenvalue weighted by Crippen LogP contribution is -2.05. The summed E-state index contributed by atoms with van der Waals surface area (Å²) >= 11 is 0. The van der Waals surface area contributed by atoms with Crippen LogP contribution in [0, 0.1) is 0 Å². The molecule has 2 aromatic rings. The third kappa shape index (κ3) is 2.97. The number of aryl methyl sites for hydroxylation is 1. The van der Waals surface area contributed by atoms with Crippen molar-refractivity contribution in [1.82, 2.24) is 9.55 Å². The summed E-state index contributed by atoms with van der Waals surface area (Å²) in [6.07, 6.45) is 5.49. The Bertz CT molecular complexity index is 520. The van der Waals surface area contributed by atoms with Gasteiger partial charge in [0.15, 0.2) is 0 Å². The molecule has 0 aliphatic rings. The number of rotatable bonds is 6. The van der Waals surface area contributed by atoms with Crippen LogP contribution >= 0.6 is 0 Å². The van der Waals surface area contributed by atoms with Gasteiger partial charge in [-0.2, -0.15) is 0 Å². The summed E-state index contributed by atoms with van der Waals surface area (Å²) in [7, 11) is 0. The summed E-state index contributed by atoms with van der Waals surface area (Å²) in [4.78, 5) is 14.8. The van der Waals surface area contributed by atoms with E-state index >= 15 is 0 Å².